The summed E-state index contributed by atoms with van der Waals surface area (Å²) in [5, 5.41) is 10.2. The first kappa shape index (κ1) is 15.2. The molecule has 1 heterocycles. The summed E-state index contributed by atoms with van der Waals surface area (Å²) in [6, 6.07) is 13.2. The van der Waals surface area contributed by atoms with Crippen molar-refractivity contribution in [3.8, 4) is 5.75 Å². The lowest BCUT2D eigenvalue weighted by Crippen LogP contribution is -2.00. The third-order valence-electron chi connectivity index (χ3n) is 3.97. The molecule has 0 unspecified atom stereocenters. The van der Waals surface area contributed by atoms with E-state index < -0.39 is 5.97 Å². The first-order chi connectivity index (χ1) is 11.1. The molecule has 1 N–H and O–H groups in total. The van der Waals surface area contributed by atoms with Crippen LogP contribution in [-0.2, 0) is 13.2 Å². The van der Waals surface area contributed by atoms with Crippen molar-refractivity contribution in [3.05, 3.63) is 65.4 Å². The second kappa shape index (κ2) is 6.16. The molecule has 0 radical (unpaired) electrons. The van der Waals surface area contributed by atoms with Crippen LogP contribution in [0, 0.1) is 6.92 Å². The molecule has 0 aliphatic carbocycles. The number of benzene rings is 2. The molecule has 3 rings (SSSR count). The Bertz CT molecular complexity index is 847. The number of carbonyl (C=O) groups is 1. The Kier molecular flexibility index (Phi) is 4.06. The molecule has 3 aromatic rings. The van der Waals surface area contributed by atoms with Crippen LogP contribution in [-0.4, -0.2) is 15.6 Å². The van der Waals surface area contributed by atoms with Crippen molar-refractivity contribution in [1.29, 1.82) is 0 Å². The summed E-state index contributed by atoms with van der Waals surface area (Å²) in [7, 11) is 0. The average Bonchev–Trinajstić information content (AvgIpc) is 2.92. The summed E-state index contributed by atoms with van der Waals surface area (Å²) in [6.07, 6.45) is 1.98. The van der Waals surface area contributed by atoms with Gasteiger partial charge >= 0.3 is 5.97 Å². The molecule has 4 nitrogen and oxygen atoms in total. The quantitative estimate of drug-likeness (QED) is 0.766. The van der Waals surface area contributed by atoms with Gasteiger partial charge in [-0.1, -0.05) is 23.8 Å². The minimum Gasteiger partial charge on any atom is -0.489 e. The fourth-order valence-electron chi connectivity index (χ4n) is 2.78. The fourth-order valence-corrected chi connectivity index (χ4v) is 2.78. The molecule has 0 spiro atoms. The van der Waals surface area contributed by atoms with Crippen molar-refractivity contribution >= 4 is 16.9 Å². The van der Waals surface area contributed by atoms with Crippen molar-refractivity contribution in [1.82, 2.24) is 4.57 Å². The number of fused-ring (bicyclic) bond motifs is 1. The maximum Gasteiger partial charge on any atom is 0.336 e. The van der Waals surface area contributed by atoms with Crippen LogP contribution in [0.5, 0.6) is 5.75 Å². The molecule has 2 aromatic carbocycles. The van der Waals surface area contributed by atoms with E-state index >= 15 is 0 Å². The number of rotatable bonds is 5. The average molecular weight is 309 g/mol. The summed E-state index contributed by atoms with van der Waals surface area (Å²) in [5.74, 6) is -0.137. The molecular formula is C19H19NO3. The van der Waals surface area contributed by atoms with E-state index in [4.69, 9.17) is 4.74 Å². The van der Waals surface area contributed by atoms with Crippen LogP contribution in [0.4, 0.5) is 0 Å². The van der Waals surface area contributed by atoms with Gasteiger partial charge < -0.3 is 14.4 Å². The second-order valence-corrected chi connectivity index (χ2v) is 5.55. The standard InChI is InChI=1S/C19H19NO3/c1-3-20-11-14(12-23-15-9-7-13(2)8-10-15)18-16(19(21)22)5-4-6-17(18)20/h4-11H,3,12H2,1-2H3,(H,21,22). The molecule has 0 saturated heterocycles. The summed E-state index contributed by atoms with van der Waals surface area (Å²) < 4.78 is 7.89. The third-order valence-corrected chi connectivity index (χ3v) is 3.97. The molecular weight excluding hydrogens is 290 g/mol. The summed E-state index contributed by atoms with van der Waals surface area (Å²) in [6.45, 7) is 5.19. The highest BCUT2D eigenvalue weighted by Crippen LogP contribution is 2.27. The second-order valence-electron chi connectivity index (χ2n) is 5.55. The smallest absolute Gasteiger partial charge is 0.336 e. The number of carboxylic acids is 1. The number of hydrogen-bond acceptors (Lipinski definition) is 2. The molecule has 1 aromatic heterocycles. The van der Waals surface area contributed by atoms with Gasteiger partial charge in [-0.15, -0.1) is 0 Å². The Morgan fingerprint density at radius 1 is 1.17 bits per heavy atom. The lowest BCUT2D eigenvalue weighted by Gasteiger charge is -2.06. The first-order valence-electron chi connectivity index (χ1n) is 7.63. The zero-order chi connectivity index (χ0) is 16.4. The normalized spacial score (nSPS) is 10.9. The van der Waals surface area contributed by atoms with Gasteiger partial charge in [-0.2, -0.15) is 0 Å². The van der Waals surface area contributed by atoms with Crippen molar-refractivity contribution in [2.75, 3.05) is 0 Å². The van der Waals surface area contributed by atoms with Crippen LogP contribution in [0.25, 0.3) is 10.9 Å². The van der Waals surface area contributed by atoms with Gasteiger partial charge in [-0.25, -0.2) is 4.79 Å². The first-order valence-corrected chi connectivity index (χ1v) is 7.63. The van der Waals surface area contributed by atoms with Crippen molar-refractivity contribution in [3.63, 3.8) is 0 Å². The van der Waals surface area contributed by atoms with Crippen LogP contribution < -0.4 is 4.74 Å². The highest BCUT2D eigenvalue weighted by atomic mass is 16.5. The summed E-state index contributed by atoms with van der Waals surface area (Å²) in [4.78, 5) is 11.5. The monoisotopic (exact) mass is 309 g/mol. The molecule has 0 bridgehead atoms. The highest BCUT2D eigenvalue weighted by molar-refractivity contribution is 6.04. The van der Waals surface area contributed by atoms with E-state index in [2.05, 4.69) is 4.57 Å². The zero-order valence-corrected chi connectivity index (χ0v) is 13.2. The minimum absolute atomic E-state index is 0.317. The molecule has 4 heteroatoms. The van der Waals surface area contributed by atoms with Crippen LogP contribution in [0.1, 0.15) is 28.4 Å². The van der Waals surface area contributed by atoms with Gasteiger partial charge in [0.2, 0.25) is 0 Å². The van der Waals surface area contributed by atoms with E-state index in [1.165, 1.54) is 5.56 Å². The fraction of sp³-hybridized carbons (Fsp3) is 0.211. The van der Waals surface area contributed by atoms with Gasteiger partial charge in [-0.3, -0.25) is 0 Å². The van der Waals surface area contributed by atoms with Crippen LogP contribution in [0.15, 0.2) is 48.7 Å². The zero-order valence-electron chi connectivity index (χ0n) is 13.2. The maximum absolute atomic E-state index is 11.5. The lowest BCUT2D eigenvalue weighted by atomic mass is 10.1. The van der Waals surface area contributed by atoms with Crippen LogP contribution in [0.3, 0.4) is 0 Å². The van der Waals surface area contributed by atoms with E-state index in [-0.39, 0.29) is 0 Å². The molecule has 0 fully saturated rings. The third kappa shape index (κ3) is 2.93. The molecule has 0 amide bonds. The number of ether oxygens (including phenoxy) is 1. The Labute approximate surface area is 134 Å². The van der Waals surface area contributed by atoms with Gasteiger partial charge in [0.25, 0.3) is 0 Å². The van der Waals surface area contributed by atoms with Gasteiger partial charge in [0.05, 0.1) is 5.56 Å². The molecule has 0 saturated carbocycles. The predicted octanol–water partition coefficient (Wildman–Crippen LogP) is 4.25. The largest absolute Gasteiger partial charge is 0.489 e. The number of aromatic carboxylic acids is 1. The lowest BCUT2D eigenvalue weighted by molar-refractivity contribution is 0.0699. The topological polar surface area (TPSA) is 51.5 Å². The SMILES string of the molecule is CCn1cc(COc2ccc(C)cc2)c2c(C(=O)O)cccc21. The number of hydrogen-bond donors (Lipinski definition) is 1. The Morgan fingerprint density at radius 2 is 1.91 bits per heavy atom. The van der Waals surface area contributed by atoms with E-state index in [0.29, 0.717) is 12.2 Å². The summed E-state index contributed by atoms with van der Waals surface area (Å²) in [5.41, 5.74) is 3.31. The molecule has 0 atom stereocenters. The van der Waals surface area contributed by atoms with Crippen molar-refractivity contribution in [2.24, 2.45) is 0 Å². The number of aromatic nitrogens is 1. The maximum atomic E-state index is 11.5. The van der Waals surface area contributed by atoms with Gasteiger partial charge in [-0.05, 0) is 38.1 Å². The van der Waals surface area contributed by atoms with Crippen molar-refractivity contribution < 1.29 is 14.6 Å². The van der Waals surface area contributed by atoms with E-state index in [9.17, 15) is 9.90 Å². The summed E-state index contributed by atoms with van der Waals surface area (Å²) >= 11 is 0. The van der Waals surface area contributed by atoms with Gasteiger partial charge in [0, 0.05) is 29.2 Å². The number of carboxylic acid groups (broad SMARTS) is 1. The van der Waals surface area contributed by atoms with E-state index in [0.717, 1.165) is 28.8 Å². The van der Waals surface area contributed by atoms with E-state index in [1.54, 1.807) is 12.1 Å². The molecule has 0 aliphatic rings. The van der Waals surface area contributed by atoms with Crippen LogP contribution in [0.2, 0.25) is 0 Å². The molecule has 0 aliphatic heterocycles. The Morgan fingerprint density at radius 3 is 2.57 bits per heavy atom. The number of nitrogens with zero attached hydrogens (tertiary/aromatic N) is 1. The Hall–Kier alpha value is -2.75. The van der Waals surface area contributed by atoms with Gasteiger partial charge in [0.15, 0.2) is 0 Å². The minimum atomic E-state index is -0.916. The molecule has 118 valence electrons. The Balaban J connectivity index is 1.99. The predicted molar refractivity (Wildman–Crippen MR) is 90.1 cm³/mol. The van der Waals surface area contributed by atoms with Gasteiger partial charge in [0.1, 0.15) is 12.4 Å². The highest BCUT2D eigenvalue weighted by Gasteiger charge is 2.16. The van der Waals surface area contributed by atoms with E-state index in [1.807, 2.05) is 50.4 Å². The molecule has 23 heavy (non-hydrogen) atoms. The van der Waals surface area contributed by atoms with Crippen molar-refractivity contribution in [2.45, 2.75) is 27.0 Å². The van der Waals surface area contributed by atoms with Crippen LogP contribution >= 0.6 is 0 Å². The number of aryl methyl sites for hydroxylation is 2.